The first-order chi connectivity index (χ1) is 6.86. The van der Waals surface area contributed by atoms with E-state index in [1.807, 2.05) is 31.3 Å². The van der Waals surface area contributed by atoms with Crippen LogP contribution in [0.5, 0.6) is 5.75 Å². The number of hydrogen-bond donors (Lipinski definition) is 0. The fraction of sp³-hybridized carbons (Fsp3) is 0.583. The van der Waals surface area contributed by atoms with Crippen molar-refractivity contribution in [3.8, 4) is 5.75 Å². The molecule has 0 saturated heterocycles. The fourth-order valence-corrected chi connectivity index (χ4v) is 1.40. The molecule has 1 aromatic rings. The van der Waals surface area contributed by atoms with E-state index in [2.05, 4.69) is 25.8 Å². The second kappa shape index (κ2) is 4.09. The molecule has 3 heteroatoms. The molecule has 0 amide bonds. The second-order valence-electron chi connectivity index (χ2n) is 4.89. The third-order valence-electron chi connectivity index (χ3n) is 2.34. The first kappa shape index (κ1) is 11.8. The molecule has 15 heavy (non-hydrogen) atoms. The lowest BCUT2D eigenvalue weighted by atomic mass is 9.87. The Bertz CT molecular complexity index is 340. The highest BCUT2D eigenvalue weighted by atomic mass is 16.5. The summed E-state index contributed by atoms with van der Waals surface area (Å²) in [5, 5.41) is 0. The molecule has 0 bridgehead atoms. The Labute approximate surface area is 92.1 Å². The minimum Gasteiger partial charge on any atom is -0.496 e. The molecular formula is C12H20N2O. The van der Waals surface area contributed by atoms with Crippen molar-refractivity contribution in [2.24, 2.45) is 0 Å². The third-order valence-corrected chi connectivity index (χ3v) is 2.34. The number of nitrogens with zero attached hydrogens (tertiary/aromatic N) is 2. The predicted octanol–water partition coefficient (Wildman–Crippen LogP) is 2.45. The SMILES string of the molecule is COc1cc(N(C)C)ncc1C(C)(C)C. The third kappa shape index (κ3) is 2.61. The van der Waals surface area contributed by atoms with Gasteiger partial charge in [-0.25, -0.2) is 4.98 Å². The van der Waals surface area contributed by atoms with Crippen LogP contribution < -0.4 is 9.64 Å². The van der Waals surface area contributed by atoms with Gasteiger partial charge in [-0.05, 0) is 5.41 Å². The molecule has 0 fully saturated rings. The molecule has 0 aliphatic heterocycles. The van der Waals surface area contributed by atoms with E-state index in [1.165, 1.54) is 0 Å². The summed E-state index contributed by atoms with van der Waals surface area (Å²) < 4.78 is 5.40. The largest absolute Gasteiger partial charge is 0.496 e. The van der Waals surface area contributed by atoms with Crippen LogP contribution in [-0.2, 0) is 5.41 Å². The van der Waals surface area contributed by atoms with Gasteiger partial charge in [-0.3, -0.25) is 0 Å². The van der Waals surface area contributed by atoms with E-state index in [0.29, 0.717) is 0 Å². The van der Waals surface area contributed by atoms with E-state index >= 15 is 0 Å². The average molecular weight is 208 g/mol. The molecule has 0 unspecified atom stereocenters. The van der Waals surface area contributed by atoms with Crippen LogP contribution in [0.2, 0.25) is 0 Å². The molecule has 0 saturated carbocycles. The summed E-state index contributed by atoms with van der Waals surface area (Å²) in [6.45, 7) is 6.46. The average Bonchev–Trinajstić information content (AvgIpc) is 2.15. The summed E-state index contributed by atoms with van der Waals surface area (Å²) in [7, 11) is 5.64. The van der Waals surface area contributed by atoms with E-state index in [9.17, 15) is 0 Å². The quantitative estimate of drug-likeness (QED) is 0.746. The van der Waals surface area contributed by atoms with Gasteiger partial charge in [0.15, 0.2) is 0 Å². The summed E-state index contributed by atoms with van der Waals surface area (Å²) in [6, 6.07) is 1.97. The van der Waals surface area contributed by atoms with E-state index < -0.39 is 0 Å². The zero-order valence-corrected chi connectivity index (χ0v) is 10.5. The Balaban J connectivity index is 3.21. The maximum Gasteiger partial charge on any atom is 0.131 e. The van der Waals surface area contributed by atoms with Crippen LogP contribution in [0.1, 0.15) is 26.3 Å². The number of anilines is 1. The number of methoxy groups -OCH3 is 1. The highest BCUT2D eigenvalue weighted by Gasteiger charge is 2.19. The van der Waals surface area contributed by atoms with Gasteiger partial charge < -0.3 is 9.64 Å². The van der Waals surface area contributed by atoms with E-state index in [1.54, 1.807) is 7.11 Å². The normalized spacial score (nSPS) is 11.3. The Hall–Kier alpha value is -1.25. The Morgan fingerprint density at radius 3 is 2.27 bits per heavy atom. The Morgan fingerprint density at radius 1 is 1.27 bits per heavy atom. The van der Waals surface area contributed by atoms with E-state index in [4.69, 9.17) is 4.74 Å². The van der Waals surface area contributed by atoms with E-state index in [0.717, 1.165) is 17.1 Å². The molecule has 3 nitrogen and oxygen atoms in total. The first-order valence-corrected chi connectivity index (χ1v) is 5.08. The van der Waals surface area contributed by atoms with Crippen molar-refractivity contribution in [3.63, 3.8) is 0 Å². The number of ether oxygens (including phenoxy) is 1. The van der Waals surface area contributed by atoms with Crippen LogP contribution in [-0.4, -0.2) is 26.2 Å². The van der Waals surface area contributed by atoms with Gasteiger partial charge in [-0.2, -0.15) is 0 Å². The van der Waals surface area contributed by atoms with Crippen molar-refractivity contribution < 1.29 is 4.74 Å². The Kier molecular flexibility index (Phi) is 3.22. The van der Waals surface area contributed by atoms with Crippen molar-refractivity contribution >= 4 is 5.82 Å². The minimum absolute atomic E-state index is 0.0587. The lowest BCUT2D eigenvalue weighted by molar-refractivity contribution is 0.396. The zero-order valence-electron chi connectivity index (χ0n) is 10.5. The monoisotopic (exact) mass is 208 g/mol. The minimum atomic E-state index is 0.0587. The fourth-order valence-electron chi connectivity index (χ4n) is 1.40. The smallest absolute Gasteiger partial charge is 0.131 e. The number of hydrogen-bond acceptors (Lipinski definition) is 3. The topological polar surface area (TPSA) is 25.4 Å². The van der Waals surface area contributed by atoms with Crippen LogP contribution in [0.3, 0.4) is 0 Å². The van der Waals surface area contributed by atoms with Gasteiger partial charge in [0.1, 0.15) is 11.6 Å². The summed E-state index contributed by atoms with van der Waals surface area (Å²) >= 11 is 0. The molecule has 84 valence electrons. The van der Waals surface area contributed by atoms with Gasteiger partial charge in [-0.1, -0.05) is 20.8 Å². The second-order valence-corrected chi connectivity index (χ2v) is 4.89. The number of pyridine rings is 1. The highest BCUT2D eigenvalue weighted by Crippen LogP contribution is 2.32. The van der Waals surface area contributed by atoms with Crippen molar-refractivity contribution in [1.82, 2.24) is 4.98 Å². The molecule has 1 heterocycles. The van der Waals surface area contributed by atoms with Crippen LogP contribution >= 0.6 is 0 Å². The number of rotatable bonds is 2. The van der Waals surface area contributed by atoms with Gasteiger partial charge in [0.05, 0.1) is 7.11 Å². The van der Waals surface area contributed by atoms with Crippen LogP contribution in [0.15, 0.2) is 12.3 Å². The molecule has 1 aromatic heterocycles. The molecule has 0 atom stereocenters. The van der Waals surface area contributed by atoms with E-state index in [-0.39, 0.29) is 5.41 Å². The molecule has 0 aliphatic rings. The summed E-state index contributed by atoms with van der Waals surface area (Å²) in [5.41, 5.74) is 1.19. The molecule has 0 N–H and O–H groups in total. The van der Waals surface area contributed by atoms with Gasteiger partial charge in [-0.15, -0.1) is 0 Å². The molecule has 0 spiro atoms. The van der Waals surface area contributed by atoms with Crippen molar-refractivity contribution in [2.45, 2.75) is 26.2 Å². The summed E-state index contributed by atoms with van der Waals surface area (Å²) in [4.78, 5) is 6.37. The highest BCUT2D eigenvalue weighted by molar-refractivity contribution is 5.48. The molecule has 1 rings (SSSR count). The molecule has 0 aliphatic carbocycles. The van der Waals surface area contributed by atoms with Gasteiger partial charge in [0.2, 0.25) is 0 Å². The lowest BCUT2D eigenvalue weighted by Crippen LogP contribution is -2.16. The van der Waals surface area contributed by atoms with Gasteiger partial charge in [0.25, 0.3) is 0 Å². The molecule has 0 radical (unpaired) electrons. The maximum absolute atomic E-state index is 5.40. The van der Waals surface area contributed by atoms with Crippen molar-refractivity contribution in [1.29, 1.82) is 0 Å². The first-order valence-electron chi connectivity index (χ1n) is 5.08. The van der Waals surface area contributed by atoms with Gasteiger partial charge >= 0.3 is 0 Å². The van der Waals surface area contributed by atoms with Crippen LogP contribution in [0.25, 0.3) is 0 Å². The number of aromatic nitrogens is 1. The molecule has 0 aromatic carbocycles. The maximum atomic E-state index is 5.40. The molecular weight excluding hydrogens is 188 g/mol. The Morgan fingerprint density at radius 2 is 1.87 bits per heavy atom. The van der Waals surface area contributed by atoms with Gasteiger partial charge in [0, 0.05) is 31.9 Å². The van der Waals surface area contributed by atoms with Crippen molar-refractivity contribution in [2.75, 3.05) is 26.1 Å². The standard InChI is InChI=1S/C12H20N2O/c1-12(2,3)9-8-13-11(14(4)5)7-10(9)15-6/h7-8H,1-6H3. The van der Waals surface area contributed by atoms with Crippen LogP contribution in [0.4, 0.5) is 5.82 Å². The summed E-state index contributed by atoms with van der Waals surface area (Å²) in [6.07, 6.45) is 1.90. The predicted molar refractivity (Wildman–Crippen MR) is 63.8 cm³/mol. The van der Waals surface area contributed by atoms with Crippen LogP contribution in [0, 0.1) is 0 Å². The summed E-state index contributed by atoms with van der Waals surface area (Å²) in [5.74, 6) is 1.82. The lowest BCUT2D eigenvalue weighted by Gasteiger charge is -2.23. The van der Waals surface area contributed by atoms with Crippen molar-refractivity contribution in [3.05, 3.63) is 17.8 Å². The zero-order chi connectivity index (χ0) is 11.6.